The van der Waals surface area contributed by atoms with E-state index in [-0.39, 0.29) is 53.8 Å². The SMILES string of the molecule is COc1cc2[se]c(C=C3[Se]c4ccc(-c5ccccc5)cc4N3CCCS(=O)(=O)O)[n+](CCCS(=O)(=O)O)c2cc1OC. The van der Waals surface area contributed by atoms with Crippen molar-refractivity contribution >= 4 is 75.7 Å². The van der Waals surface area contributed by atoms with Crippen LogP contribution in [-0.4, -0.2) is 87.7 Å². The second-order valence-electron chi connectivity index (χ2n) is 9.83. The Morgan fingerprint density at radius 3 is 2.21 bits per heavy atom. The topological polar surface area (TPSA) is 134 Å². The van der Waals surface area contributed by atoms with Crippen LogP contribution in [0, 0.1) is 0 Å². The van der Waals surface area contributed by atoms with Crippen molar-refractivity contribution in [1.82, 2.24) is 0 Å². The van der Waals surface area contributed by atoms with Gasteiger partial charge in [0.2, 0.25) is 0 Å². The second-order valence-corrected chi connectivity index (χ2v) is 17.4. The summed E-state index contributed by atoms with van der Waals surface area (Å²) in [4.78, 5) is 2.14. The number of fused-ring (bicyclic) bond motifs is 2. The fourth-order valence-corrected chi connectivity index (χ4v) is 11.0. The summed E-state index contributed by atoms with van der Waals surface area (Å²) in [7, 11) is -5.09. The third-order valence-electron chi connectivity index (χ3n) is 6.89. The first-order valence-electron chi connectivity index (χ1n) is 13.3. The van der Waals surface area contributed by atoms with Crippen molar-refractivity contribution < 1.29 is 40.0 Å². The molecule has 0 saturated carbocycles. The number of ether oxygens (including phenoxy) is 2. The molecule has 0 fully saturated rings. The zero-order valence-corrected chi connectivity index (χ0v) is 28.5. The molecule has 1 aromatic heterocycles. The Balaban J connectivity index is 1.59. The zero-order valence-electron chi connectivity index (χ0n) is 23.5. The van der Waals surface area contributed by atoms with Crippen LogP contribution in [0.1, 0.15) is 17.4 Å². The molecular weight excluding hydrogens is 726 g/mol. The molecule has 10 nitrogen and oxygen atoms in total. The van der Waals surface area contributed by atoms with E-state index in [1.807, 2.05) is 42.5 Å². The van der Waals surface area contributed by atoms with Crippen LogP contribution in [0.25, 0.3) is 27.0 Å². The molecule has 0 saturated heterocycles. The summed E-state index contributed by atoms with van der Waals surface area (Å²) in [5.41, 5.74) is 4.03. The number of benzene rings is 3. The number of hydrogen-bond acceptors (Lipinski definition) is 7. The Kier molecular flexibility index (Phi) is 9.70. The van der Waals surface area contributed by atoms with Crippen LogP contribution in [0.15, 0.2) is 65.3 Å². The van der Waals surface area contributed by atoms with E-state index < -0.39 is 20.2 Å². The monoisotopic (exact) mass is 759 g/mol. The van der Waals surface area contributed by atoms with Gasteiger partial charge in [0.15, 0.2) is 0 Å². The van der Waals surface area contributed by atoms with Crippen LogP contribution >= 0.6 is 0 Å². The van der Waals surface area contributed by atoms with Crippen LogP contribution in [0.5, 0.6) is 11.5 Å². The molecular formula is C29H31N2O8S2Se2+. The van der Waals surface area contributed by atoms with Crippen LogP contribution in [-0.2, 0) is 26.8 Å². The molecule has 0 amide bonds. The summed E-state index contributed by atoms with van der Waals surface area (Å²) in [5, 5.41) is 0. The predicted octanol–water partition coefficient (Wildman–Crippen LogP) is 2.57. The number of nitrogens with zero attached hydrogens (tertiary/aromatic N) is 2. The van der Waals surface area contributed by atoms with Crippen LogP contribution < -0.4 is 23.4 Å². The van der Waals surface area contributed by atoms with Crippen molar-refractivity contribution in [2.75, 3.05) is 37.2 Å². The minimum absolute atomic E-state index is 0.0873. The Morgan fingerprint density at radius 2 is 1.53 bits per heavy atom. The molecule has 0 unspecified atom stereocenters. The Hall–Kier alpha value is -2.67. The van der Waals surface area contributed by atoms with Gasteiger partial charge in [-0.25, -0.2) is 0 Å². The number of rotatable bonds is 12. The van der Waals surface area contributed by atoms with Crippen molar-refractivity contribution in [1.29, 1.82) is 0 Å². The third-order valence-corrected chi connectivity index (χ3v) is 13.1. The van der Waals surface area contributed by atoms with Crippen molar-refractivity contribution in [2.24, 2.45) is 0 Å². The average molecular weight is 758 g/mol. The molecule has 0 radical (unpaired) electrons. The zero-order chi connectivity index (χ0) is 30.8. The van der Waals surface area contributed by atoms with Crippen molar-refractivity contribution in [3.63, 3.8) is 0 Å². The molecule has 4 aromatic rings. The van der Waals surface area contributed by atoms with Gasteiger partial charge in [-0.1, -0.05) is 0 Å². The number of aryl methyl sites for hydroxylation is 1. The second kappa shape index (κ2) is 13.1. The third kappa shape index (κ3) is 7.71. The molecule has 1 aliphatic rings. The van der Waals surface area contributed by atoms with Crippen molar-refractivity contribution in [3.05, 3.63) is 69.8 Å². The van der Waals surface area contributed by atoms with Gasteiger partial charge in [-0.05, 0) is 0 Å². The van der Waals surface area contributed by atoms with Crippen molar-refractivity contribution in [3.8, 4) is 22.6 Å². The molecule has 2 heterocycles. The molecule has 5 rings (SSSR count). The van der Waals surface area contributed by atoms with Gasteiger partial charge in [0.25, 0.3) is 0 Å². The molecule has 43 heavy (non-hydrogen) atoms. The van der Waals surface area contributed by atoms with E-state index in [1.54, 1.807) is 14.2 Å². The van der Waals surface area contributed by atoms with Crippen LogP contribution in [0.4, 0.5) is 5.69 Å². The van der Waals surface area contributed by atoms with E-state index in [0.717, 1.165) is 40.2 Å². The standard InChI is InChI=1S/C29H30N2O8S2Se2/c1-38-24-17-23-27(18-25(24)39-2)43-29(31(23)13-7-15-41(35,36)37)19-28-30(12-6-14-40(32,33)34)22-16-21(10-11-26(22)42-28)20-8-4-3-5-9-20/h3-5,8-11,16-19H,6-7,12-15H2,1-2H3,(H-,32,33,34,35,36,37)/p+1. The molecule has 0 aliphatic carbocycles. The van der Waals surface area contributed by atoms with E-state index in [2.05, 4.69) is 33.7 Å². The molecule has 1 aliphatic heterocycles. The van der Waals surface area contributed by atoms with Gasteiger partial charge in [0.05, 0.1) is 0 Å². The van der Waals surface area contributed by atoms with E-state index in [9.17, 15) is 25.9 Å². The first-order chi connectivity index (χ1) is 20.5. The Morgan fingerprint density at radius 1 is 0.860 bits per heavy atom. The summed E-state index contributed by atoms with van der Waals surface area (Å²) in [6, 6.07) is 20.2. The van der Waals surface area contributed by atoms with Gasteiger partial charge in [-0.2, -0.15) is 0 Å². The van der Waals surface area contributed by atoms with Gasteiger partial charge in [0, 0.05) is 0 Å². The molecule has 3 aromatic carbocycles. The first-order valence-corrected chi connectivity index (χ1v) is 20.0. The fraction of sp³-hybridized carbons (Fsp3) is 0.276. The summed E-state index contributed by atoms with van der Waals surface area (Å²) in [5.74, 6) is 0.462. The van der Waals surface area contributed by atoms with Crippen LogP contribution in [0.2, 0.25) is 0 Å². The summed E-state index contributed by atoms with van der Waals surface area (Å²) in [6.45, 7) is 0.764. The quantitative estimate of drug-likeness (QED) is 0.127. The van der Waals surface area contributed by atoms with Crippen LogP contribution in [0.3, 0.4) is 0 Å². The van der Waals surface area contributed by atoms with Crippen molar-refractivity contribution in [2.45, 2.75) is 19.4 Å². The summed E-state index contributed by atoms with van der Waals surface area (Å²) >= 11 is -0.240. The number of aromatic nitrogens is 1. The van der Waals surface area contributed by atoms with E-state index in [0.29, 0.717) is 24.6 Å². The first kappa shape index (κ1) is 31.7. The maximum absolute atomic E-state index is 11.5. The van der Waals surface area contributed by atoms with E-state index >= 15 is 0 Å². The molecule has 228 valence electrons. The molecule has 2 N–H and O–H groups in total. The summed E-state index contributed by atoms with van der Waals surface area (Å²) < 4.78 is 82.2. The number of methoxy groups -OCH3 is 2. The maximum atomic E-state index is 11.5. The van der Waals surface area contributed by atoms with Gasteiger partial charge >= 0.3 is 265 Å². The number of hydrogen-bond donors (Lipinski definition) is 2. The predicted molar refractivity (Wildman–Crippen MR) is 169 cm³/mol. The normalized spacial score (nSPS) is 14.4. The Bertz CT molecular complexity index is 1890. The molecule has 0 spiro atoms. The van der Waals surface area contributed by atoms with E-state index in [4.69, 9.17) is 9.47 Å². The fourth-order valence-electron chi connectivity index (χ4n) is 4.93. The van der Waals surface area contributed by atoms with Gasteiger partial charge in [-0.15, -0.1) is 0 Å². The molecule has 14 heteroatoms. The molecule has 0 atom stereocenters. The minimum atomic E-state index is -4.12. The van der Waals surface area contributed by atoms with Gasteiger partial charge < -0.3 is 0 Å². The average Bonchev–Trinajstić information content (AvgIpc) is 3.47. The summed E-state index contributed by atoms with van der Waals surface area (Å²) in [6.07, 6.45) is 2.59. The van der Waals surface area contributed by atoms with Gasteiger partial charge in [0.1, 0.15) is 0 Å². The van der Waals surface area contributed by atoms with Gasteiger partial charge in [-0.3, -0.25) is 0 Å². The Labute approximate surface area is 263 Å². The van der Waals surface area contributed by atoms with E-state index in [1.165, 1.54) is 0 Å². The number of anilines is 1. The molecule has 0 bridgehead atoms.